The van der Waals surface area contributed by atoms with Crippen molar-refractivity contribution < 1.29 is 14.0 Å². The molecule has 1 amide bonds. The first-order valence-corrected chi connectivity index (χ1v) is 13.2. The van der Waals surface area contributed by atoms with E-state index in [1.165, 1.54) is 23.5 Å². The predicted octanol–water partition coefficient (Wildman–Crippen LogP) is 7.41. The number of hydrogen-bond acceptors (Lipinski definition) is 4. The van der Waals surface area contributed by atoms with Gasteiger partial charge in [0.05, 0.1) is 22.3 Å². The molecule has 1 N–H and O–H groups in total. The van der Waals surface area contributed by atoms with Gasteiger partial charge in [-0.2, -0.15) is 0 Å². The number of carbonyl (C=O) groups excluding carboxylic acids is 2. The van der Waals surface area contributed by atoms with Gasteiger partial charge in [-0.05, 0) is 71.7 Å². The first-order valence-electron chi connectivity index (χ1n) is 12.3. The smallest absolute Gasteiger partial charge is 0.269 e. The maximum absolute atomic E-state index is 14.1. The van der Waals surface area contributed by atoms with Gasteiger partial charge in [0.15, 0.2) is 5.78 Å². The van der Waals surface area contributed by atoms with Crippen LogP contribution in [0.25, 0.3) is 0 Å². The van der Waals surface area contributed by atoms with E-state index in [0.29, 0.717) is 34.5 Å². The minimum absolute atomic E-state index is 0.00886. The molecule has 0 saturated heterocycles. The molecular weight excluding hydrogens is 483 g/mol. The fraction of sp³-hybridized carbons (Fsp3) is 0.161. The Morgan fingerprint density at radius 1 is 0.946 bits per heavy atom. The third kappa shape index (κ3) is 4.27. The lowest BCUT2D eigenvalue weighted by molar-refractivity contribution is -0.116. The maximum atomic E-state index is 14.1. The SMILES string of the molecule is Cc1ccc2c(c1)N(C(=O)c1cccs1)C(c1ccc(F)cc1)C1=C(CC(c3ccccc3)CC1=O)N2. The number of hydrogen-bond donors (Lipinski definition) is 1. The van der Waals surface area contributed by atoms with Crippen molar-refractivity contribution in [1.82, 2.24) is 0 Å². The van der Waals surface area contributed by atoms with E-state index in [2.05, 4.69) is 17.4 Å². The third-order valence-corrected chi connectivity index (χ3v) is 8.00. The van der Waals surface area contributed by atoms with Gasteiger partial charge in [0.1, 0.15) is 5.82 Å². The fourth-order valence-corrected chi connectivity index (χ4v) is 6.07. The second-order valence-corrected chi connectivity index (χ2v) is 10.5. The van der Waals surface area contributed by atoms with Crippen molar-refractivity contribution in [3.63, 3.8) is 0 Å². The molecule has 6 heteroatoms. The van der Waals surface area contributed by atoms with Gasteiger partial charge < -0.3 is 5.32 Å². The largest absolute Gasteiger partial charge is 0.357 e. The van der Waals surface area contributed by atoms with Crippen molar-refractivity contribution in [2.45, 2.75) is 31.7 Å². The monoisotopic (exact) mass is 508 g/mol. The van der Waals surface area contributed by atoms with Crippen LogP contribution in [0.5, 0.6) is 0 Å². The Hall–Kier alpha value is -4.03. The first-order chi connectivity index (χ1) is 18.0. The number of aryl methyl sites for hydroxylation is 1. The van der Waals surface area contributed by atoms with E-state index in [4.69, 9.17) is 0 Å². The lowest BCUT2D eigenvalue weighted by Gasteiger charge is -2.35. The molecule has 2 atom stereocenters. The Morgan fingerprint density at radius 3 is 2.46 bits per heavy atom. The van der Waals surface area contributed by atoms with Gasteiger partial charge in [0.25, 0.3) is 5.91 Å². The maximum Gasteiger partial charge on any atom is 0.269 e. The van der Waals surface area contributed by atoms with Crippen molar-refractivity contribution in [2.24, 2.45) is 0 Å². The number of benzene rings is 3. The summed E-state index contributed by atoms with van der Waals surface area (Å²) in [4.78, 5) is 30.4. The molecule has 0 spiro atoms. The van der Waals surface area contributed by atoms with Gasteiger partial charge in [0.2, 0.25) is 0 Å². The molecule has 1 aliphatic heterocycles. The molecule has 2 aliphatic rings. The summed E-state index contributed by atoms with van der Waals surface area (Å²) in [5.41, 5.74) is 5.66. The molecule has 4 nitrogen and oxygen atoms in total. The molecule has 1 aromatic heterocycles. The normalized spacial score (nSPS) is 19.1. The van der Waals surface area contributed by atoms with E-state index >= 15 is 0 Å². The Labute approximate surface area is 219 Å². The van der Waals surface area contributed by atoms with Gasteiger partial charge in [-0.25, -0.2) is 4.39 Å². The van der Waals surface area contributed by atoms with Gasteiger partial charge in [-0.15, -0.1) is 11.3 Å². The van der Waals surface area contributed by atoms with E-state index < -0.39 is 6.04 Å². The van der Waals surface area contributed by atoms with Gasteiger partial charge in [-0.1, -0.05) is 54.6 Å². The highest BCUT2D eigenvalue weighted by Gasteiger charge is 2.42. The fourth-order valence-electron chi connectivity index (χ4n) is 5.41. The van der Waals surface area contributed by atoms with Crippen LogP contribution in [0.4, 0.5) is 15.8 Å². The second kappa shape index (κ2) is 9.45. The predicted molar refractivity (Wildman–Crippen MR) is 146 cm³/mol. The number of Topliss-reactive ketones (excluding diaryl/α,β-unsaturated/α-hetero) is 1. The summed E-state index contributed by atoms with van der Waals surface area (Å²) < 4.78 is 14.0. The third-order valence-electron chi connectivity index (χ3n) is 7.15. The van der Waals surface area contributed by atoms with Crippen LogP contribution in [0.1, 0.15) is 51.2 Å². The van der Waals surface area contributed by atoms with Gasteiger partial charge >= 0.3 is 0 Å². The second-order valence-electron chi connectivity index (χ2n) is 9.58. The summed E-state index contributed by atoms with van der Waals surface area (Å²) in [5, 5.41) is 5.42. The summed E-state index contributed by atoms with van der Waals surface area (Å²) in [6.45, 7) is 1.98. The Kier molecular flexibility index (Phi) is 5.97. The number of amides is 1. The highest BCUT2D eigenvalue weighted by Crippen LogP contribution is 2.48. The number of fused-ring (bicyclic) bond motifs is 1. The summed E-state index contributed by atoms with van der Waals surface area (Å²) in [6, 6.07) is 25.1. The van der Waals surface area contributed by atoms with E-state index in [0.717, 1.165) is 22.5 Å². The van der Waals surface area contributed by atoms with E-state index in [1.54, 1.807) is 23.1 Å². The molecule has 2 heterocycles. The van der Waals surface area contributed by atoms with Crippen molar-refractivity contribution in [3.8, 4) is 0 Å². The van der Waals surface area contributed by atoms with Crippen LogP contribution in [0, 0.1) is 12.7 Å². The Morgan fingerprint density at radius 2 is 1.73 bits per heavy atom. The number of thiophene rings is 1. The molecule has 37 heavy (non-hydrogen) atoms. The minimum Gasteiger partial charge on any atom is -0.357 e. The number of ketones is 1. The summed E-state index contributed by atoms with van der Waals surface area (Å²) in [7, 11) is 0. The van der Waals surface area contributed by atoms with Crippen molar-refractivity contribution in [1.29, 1.82) is 0 Å². The van der Waals surface area contributed by atoms with Crippen molar-refractivity contribution in [2.75, 3.05) is 10.2 Å². The summed E-state index contributed by atoms with van der Waals surface area (Å²) >= 11 is 1.37. The molecule has 2 unspecified atom stereocenters. The van der Waals surface area contributed by atoms with Crippen molar-refractivity contribution >= 4 is 34.4 Å². The average molecular weight is 509 g/mol. The van der Waals surface area contributed by atoms with Crippen LogP contribution in [-0.2, 0) is 4.79 Å². The number of nitrogens with zero attached hydrogens (tertiary/aromatic N) is 1. The molecule has 0 radical (unpaired) electrons. The molecule has 0 fully saturated rings. The Bertz CT molecular complexity index is 1510. The van der Waals surface area contributed by atoms with Crippen LogP contribution in [0.15, 0.2) is 102 Å². The average Bonchev–Trinajstić information content (AvgIpc) is 3.40. The van der Waals surface area contributed by atoms with Crippen LogP contribution >= 0.6 is 11.3 Å². The standard InChI is InChI=1S/C31H25FN2O2S/c1-19-9-14-24-26(16-19)34(31(36)28-8-5-15-37-28)30(21-10-12-23(32)13-11-21)29-25(33-24)17-22(18-27(29)35)20-6-3-2-4-7-20/h2-16,22,30,33H,17-18H2,1H3. The number of allylic oxidation sites excluding steroid dienone is 1. The topological polar surface area (TPSA) is 49.4 Å². The van der Waals surface area contributed by atoms with Crippen LogP contribution in [-0.4, -0.2) is 11.7 Å². The molecule has 1 aliphatic carbocycles. The first kappa shape index (κ1) is 23.4. The highest BCUT2D eigenvalue weighted by atomic mass is 32.1. The molecule has 4 aromatic rings. The van der Waals surface area contributed by atoms with Crippen LogP contribution in [0.3, 0.4) is 0 Å². The number of halogens is 1. The lowest BCUT2D eigenvalue weighted by atomic mass is 9.78. The van der Waals surface area contributed by atoms with Crippen LogP contribution in [0.2, 0.25) is 0 Å². The molecule has 0 bridgehead atoms. The number of nitrogens with one attached hydrogen (secondary N) is 1. The number of carbonyl (C=O) groups is 2. The lowest BCUT2D eigenvalue weighted by Crippen LogP contribution is -2.38. The Balaban J connectivity index is 1.58. The molecule has 184 valence electrons. The zero-order chi connectivity index (χ0) is 25.5. The quantitative estimate of drug-likeness (QED) is 0.313. The van der Waals surface area contributed by atoms with E-state index in [-0.39, 0.29) is 23.4 Å². The van der Waals surface area contributed by atoms with Gasteiger partial charge in [-0.3, -0.25) is 14.5 Å². The molecular formula is C31H25FN2O2S. The van der Waals surface area contributed by atoms with Gasteiger partial charge in [0, 0.05) is 17.7 Å². The zero-order valence-corrected chi connectivity index (χ0v) is 21.1. The molecule has 3 aromatic carbocycles. The zero-order valence-electron chi connectivity index (χ0n) is 20.3. The molecule has 0 saturated carbocycles. The number of rotatable bonds is 3. The van der Waals surface area contributed by atoms with Crippen molar-refractivity contribution in [3.05, 3.63) is 129 Å². The van der Waals surface area contributed by atoms with E-state index in [1.807, 2.05) is 54.8 Å². The highest BCUT2D eigenvalue weighted by molar-refractivity contribution is 7.12. The van der Waals surface area contributed by atoms with Crippen LogP contribution < -0.4 is 10.2 Å². The van der Waals surface area contributed by atoms with E-state index in [9.17, 15) is 14.0 Å². The number of anilines is 2. The minimum atomic E-state index is -0.690. The molecule has 6 rings (SSSR count). The summed E-state index contributed by atoms with van der Waals surface area (Å²) in [6.07, 6.45) is 0.982. The summed E-state index contributed by atoms with van der Waals surface area (Å²) in [5.74, 6) is -0.534.